The van der Waals surface area contributed by atoms with E-state index in [0.717, 1.165) is 0 Å². The van der Waals surface area contributed by atoms with Crippen LogP contribution < -0.4 is 20.6 Å². The smallest absolute Gasteiger partial charge is 0.204 e. The Kier molecular flexibility index (Phi) is 2.83. The summed E-state index contributed by atoms with van der Waals surface area (Å²) < 4.78 is 2.49. The van der Waals surface area contributed by atoms with Crippen molar-refractivity contribution in [3.8, 4) is 0 Å². The van der Waals surface area contributed by atoms with Crippen LogP contribution in [0.25, 0.3) is 0 Å². The van der Waals surface area contributed by atoms with Crippen molar-refractivity contribution in [3.05, 3.63) is 84.9 Å². The zero-order chi connectivity index (χ0) is 14.3. The van der Waals surface area contributed by atoms with Crippen LogP contribution in [0.5, 0.6) is 0 Å². The van der Waals surface area contributed by atoms with Crippen molar-refractivity contribution in [2.24, 2.45) is 0 Å². The highest BCUT2D eigenvalue weighted by Crippen LogP contribution is 2.67. The molecule has 0 fully saturated rings. The summed E-state index contributed by atoms with van der Waals surface area (Å²) in [5.74, 6) is 0. The van der Waals surface area contributed by atoms with Crippen LogP contribution in [-0.2, 0) is 0 Å². The van der Waals surface area contributed by atoms with E-state index in [1.165, 1.54) is 21.6 Å². The minimum absolute atomic E-state index is 1.36. The van der Waals surface area contributed by atoms with Crippen LogP contribution in [0.1, 0.15) is 0 Å². The van der Waals surface area contributed by atoms with E-state index < -0.39 is 7.41 Å². The van der Waals surface area contributed by atoms with Gasteiger partial charge in [0.15, 0.2) is 5.30 Å². The Morgan fingerprint density at radius 3 is 1.67 bits per heavy atom. The molecule has 0 spiro atoms. The molecule has 0 bridgehead atoms. The predicted octanol–water partition coefficient (Wildman–Crippen LogP) is 3.35. The van der Waals surface area contributed by atoms with Gasteiger partial charge in [-0.3, -0.25) is 0 Å². The maximum atomic E-state index is 2.49. The van der Waals surface area contributed by atoms with Gasteiger partial charge in [-0.05, 0) is 36.4 Å². The Bertz CT molecular complexity index is 728. The third kappa shape index (κ3) is 1.61. The fourth-order valence-electron chi connectivity index (χ4n) is 3.35. The van der Waals surface area contributed by atoms with E-state index in [4.69, 9.17) is 0 Å². The second kappa shape index (κ2) is 4.72. The number of anilines is 1. The van der Waals surface area contributed by atoms with Crippen molar-refractivity contribution in [1.29, 1.82) is 0 Å². The van der Waals surface area contributed by atoms with Crippen LogP contribution in [-0.4, -0.2) is 7.05 Å². The topological polar surface area (TPSA) is 3.24 Å². The van der Waals surface area contributed by atoms with Crippen molar-refractivity contribution < 1.29 is 0 Å². The standard InChI is InChI=1S/C19H17NP/c1-20-18-14-8-9-15-19(18)21(20,16-10-4-2-5-11-16)17-12-6-3-7-13-17/h2-15H,1H3/q+1. The Hall–Kier alpha value is -2.11. The van der Waals surface area contributed by atoms with Gasteiger partial charge >= 0.3 is 0 Å². The van der Waals surface area contributed by atoms with Crippen LogP contribution in [0.4, 0.5) is 5.69 Å². The number of hydrogen-bond acceptors (Lipinski definition) is 1. The lowest BCUT2D eigenvalue weighted by atomic mass is 10.3. The van der Waals surface area contributed by atoms with Crippen LogP contribution in [0.15, 0.2) is 84.9 Å². The highest BCUT2D eigenvalue weighted by molar-refractivity contribution is 7.99. The molecule has 0 N–H and O–H groups in total. The van der Waals surface area contributed by atoms with E-state index in [9.17, 15) is 0 Å². The van der Waals surface area contributed by atoms with Crippen molar-refractivity contribution in [2.75, 3.05) is 11.7 Å². The van der Waals surface area contributed by atoms with Gasteiger partial charge in [-0.25, -0.2) is 4.67 Å². The molecule has 0 saturated heterocycles. The normalized spacial score (nSPS) is 15.2. The summed E-state index contributed by atoms with van der Waals surface area (Å²) in [6.45, 7) is 0. The SMILES string of the molecule is CN1c2ccccc2[P+]1(c1ccccc1)c1ccccc1. The van der Waals surface area contributed by atoms with Crippen molar-refractivity contribution >= 4 is 29.0 Å². The Labute approximate surface area is 126 Å². The van der Waals surface area contributed by atoms with Gasteiger partial charge < -0.3 is 0 Å². The second-order valence-corrected chi connectivity index (χ2v) is 8.70. The molecule has 21 heavy (non-hydrogen) atoms. The lowest BCUT2D eigenvalue weighted by molar-refractivity contribution is 1.30. The van der Waals surface area contributed by atoms with Gasteiger partial charge in [0.25, 0.3) is 0 Å². The summed E-state index contributed by atoms with van der Waals surface area (Å²) in [5.41, 5.74) is 1.36. The summed E-state index contributed by atoms with van der Waals surface area (Å²) in [6.07, 6.45) is 0. The van der Waals surface area contributed by atoms with Gasteiger partial charge in [-0.1, -0.05) is 48.5 Å². The van der Waals surface area contributed by atoms with Gasteiger partial charge in [0.2, 0.25) is 7.41 Å². The summed E-state index contributed by atoms with van der Waals surface area (Å²) in [7, 11) is 0.610. The number of hydrogen-bond donors (Lipinski definition) is 0. The third-order valence-corrected chi connectivity index (χ3v) is 8.57. The molecule has 2 heteroatoms. The fourth-order valence-corrected chi connectivity index (χ4v) is 7.64. The largest absolute Gasteiger partial charge is 0.233 e. The number of fused-ring (bicyclic) bond motifs is 1. The van der Waals surface area contributed by atoms with Gasteiger partial charge in [0, 0.05) is 7.05 Å². The molecular formula is C19H17NP+. The monoisotopic (exact) mass is 290 g/mol. The molecule has 1 aliphatic rings. The highest BCUT2D eigenvalue weighted by Gasteiger charge is 2.59. The lowest BCUT2D eigenvalue weighted by Crippen LogP contribution is -2.51. The zero-order valence-electron chi connectivity index (χ0n) is 12.0. The molecule has 102 valence electrons. The minimum atomic E-state index is -1.62. The quantitative estimate of drug-likeness (QED) is 0.654. The maximum Gasteiger partial charge on any atom is 0.204 e. The summed E-state index contributed by atoms with van der Waals surface area (Å²) >= 11 is 0. The second-order valence-electron chi connectivity index (χ2n) is 5.32. The summed E-state index contributed by atoms with van der Waals surface area (Å²) in [6, 6.07) is 30.7. The van der Waals surface area contributed by atoms with Crippen LogP contribution in [0.3, 0.4) is 0 Å². The number of rotatable bonds is 2. The van der Waals surface area contributed by atoms with Crippen molar-refractivity contribution in [2.45, 2.75) is 0 Å². The molecule has 3 aromatic carbocycles. The number of benzene rings is 3. The molecule has 0 saturated carbocycles. The summed E-state index contributed by atoms with van der Waals surface area (Å²) in [5, 5.41) is 4.35. The molecule has 0 unspecified atom stereocenters. The first-order chi connectivity index (χ1) is 10.3. The molecule has 0 atom stereocenters. The van der Waals surface area contributed by atoms with Gasteiger partial charge in [0.05, 0.1) is 0 Å². The lowest BCUT2D eigenvalue weighted by Gasteiger charge is -2.44. The van der Waals surface area contributed by atoms with E-state index >= 15 is 0 Å². The fraction of sp³-hybridized carbons (Fsp3) is 0.0526. The first-order valence-corrected chi connectivity index (χ1v) is 8.93. The molecule has 4 rings (SSSR count). The predicted molar refractivity (Wildman–Crippen MR) is 93.6 cm³/mol. The van der Waals surface area contributed by atoms with Crippen molar-refractivity contribution in [1.82, 2.24) is 0 Å². The number of para-hydroxylation sites is 1. The van der Waals surface area contributed by atoms with Crippen LogP contribution in [0.2, 0.25) is 0 Å². The first kappa shape index (κ1) is 12.6. The van der Waals surface area contributed by atoms with Crippen molar-refractivity contribution in [3.63, 3.8) is 0 Å². The van der Waals surface area contributed by atoms with E-state index in [-0.39, 0.29) is 0 Å². The highest BCUT2D eigenvalue weighted by atomic mass is 31.2. The minimum Gasteiger partial charge on any atom is -0.233 e. The Morgan fingerprint density at radius 1 is 0.619 bits per heavy atom. The third-order valence-electron chi connectivity index (χ3n) is 4.29. The van der Waals surface area contributed by atoms with E-state index in [2.05, 4.69) is 96.6 Å². The molecular weight excluding hydrogens is 273 g/mol. The Morgan fingerprint density at radius 2 is 1.10 bits per heavy atom. The Balaban J connectivity index is 2.03. The first-order valence-electron chi connectivity index (χ1n) is 7.19. The average molecular weight is 290 g/mol. The van der Waals surface area contributed by atoms with Gasteiger partial charge in [-0.2, -0.15) is 0 Å². The number of nitrogens with zero attached hydrogens (tertiary/aromatic N) is 1. The van der Waals surface area contributed by atoms with Crippen LogP contribution >= 0.6 is 7.41 Å². The molecule has 0 amide bonds. The maximum absolute atomic E-state index is 2.49. The summed E-state index contributed by atoms with van der Waals surface area (Å²) in [4.78, 5) is 0. The molecule has 0 radical (unpaired) electrons. The van der Waals surface area contributed by atoms with E-state index in [0.29, 0.717) is 0 Å². The molecule has 0 aromatic heterocycles. The van der Waals surface area contributed by atoms with Gasteiger partial charge in [0.1, 0.15) is 16.3 Å². The molecule has 1 aliphatic heterocycles. The van der Waals surface area contributed by atoms with Crippen LogP contribution in [0, 0.1) is 0 Å². The molecule has 1 nitrogen and oxygen atoms in total. The zero-order valence-corrected chi connectivity index (χ0v) is 12.9. The molecule has 1 heterocycles. The van der Waals surface area contributed by atoms with E-state index in [1.54, 1.807) is 0 Å². The van der Waals surface area contributed by atoms with Gasteiger partial charge in [-0.15, -0.1) is 0 Å². The van der Waals surface area contributed by atoms with E-state index in [1.807, 2.05) is 0 Å². The molecule has 0 aliphatic carbocycles. The molecule has 3 aromatic rings. The average Bonchev–Trinajstić information content (AvgIpc) is 2.57.